The molecule has 1 aromatic heterocycles. The van der Waals surface area contributed by atoms with E-state index in [-0.39, 0.29) is 23.0 Å². The Labute approximate surface area is 172 Å². The number of aryl methyl sites for hydroxylation is 1. The van der Waals surface area contributed by atoms with Crippen LogP contribution in [-0.4, -0.2) is 37.0 Å². The maximum absolute atomic E-state index is 12.9. The summed E-state index contributed by atoms with van der Waals surface area (Å²) in [5, 5.41) is 0. The summed E-state index contributed by atoms with van der Waals surface area (Å²) in [6.07, 6.45) is -4.43. The number of alkyl halides is 3. The van der Waals surface area contributed by atoms with Crippen molar-refractivity contribution in [1.82, 2.24) is 4.90 Å². The first kappa shape index (κ1) is 20.1. The van der Waals surface area contributed by atoms with Crippen LogP contribution in [0.2, 0.25) is 0 Å². The molecule has 4 rings (SSSR count). The molecular formula is C23H21F3N2O2. The summed E-state index contributed by atoms with van der Waals surface area (Å²) < 4.78 is 44.4. The largest absolute Gasteiger partial charge is 0.451 e. The number of hydrogen-bond acceptors (Lipinski definition) is 3. The molecule has 0 radical (unpaired) electrons. The van der Waals surface area contributed by atoms with Crippen molar-refractivity contribution in [3.8, 4) is 11.3 Å². The number of carbonyl (C=O) groups is 1. The molecule has 0 bridgehead atoms. The number of benzene rings is 2. The average Bonchev–Trinajstić information content (AvgIpc) is 3.23. The molecule has 1 aliphatic rings. The summed E-state index contributed by atoms with van der Waals surface area (Å²) in [6, 6.07) is 16.2. The van der Waals surface area contributed by atoms with E-state index in [1.807, 2.05) is 19.1 Å². The summed E-state index contributed by atoms with van der Waals surface area (Å²) in [7, 11) is 0. The number of anilines is 1. The van der Waals surface area contributed by atoms with E-state index in [0.29, 0.717) is 26.2 Å². The van der Waals surface area contributed by atoms with Gasteiger partial charge in [0.05, 0.1) is 5.56 Å². The fraction of sp³-hybridized carbons (Fsp3) is 0.261. The highest BCUT2D eigenvalue weighted by atomic mass is 19.4. The standard InChI is InChI=1S/C23H21F3N2O2/c1-16-4-2-7-19(14-16)27-10-12-28(13-11-27)22(29)21-9-8-20(30-21)17-5-3-6-18(15-17)23(24,25)26/h2-9,14-15H,10-13H2,1H3. The molecule has 1 aliphatic heterocycles. The molecule has 30 heavy (non-hydrogen) atoms. The lowest BCUT2D eigenvalue weighted by Gasteiger charge is -2.35. The summed E-state index contributed by atoms with van der Waals surface area (Å²) >= 11 is 0. The second-order valence-electron chi connectivity index (χ2n) is 7.36. The van der Waals surface area contributed by atoms with Gasteiger partial charge in [-0.15, -0.1) is 0 Å². The van der Waals surface area contributed by atoms with Crippen LogP contribution in [0.5, 0.6) is 0 Å². The van der Waals surface area contributed by atoms with Gasteiger partial charge in [-0.25, -0.2) is 0 Å². The van der Waals surface area contributed by atoms with Gasteiger partial charge in [-0.1, -0.05) is 24.3 Å². The zero-order valence-electron chi connectivity index (χ0n) is 16.4. The van der Waals surface area contributed by atoms with Crippen molar-refractivity contribution in [2.45, 2.75) is 13.1 Å². The summed E-state index contributed by atoms with van der Waals surface area (Å²) in [6.45, 7) is 4.55. The number of nitrogens with zero attached hydrogens (tertiary/aromatic N) is 2. The molecule has 1 fully saturated rings. The third kappa shape index (κ3) is 4.20. The normalized spacial score (nSPS) is 14.8. The predicted molar refractivity (Wildman–Crippen MR) is 108 cm³/mol. The minimum Gasteiger partial charge on any atom is -0.451 e. The minimum absolute atomic E-state index is 0.131. The number of carbonyl (C=O) groups excluding carboxylic acids is 1. The van der Waals surface area contributed by atoms with Crippen LogP contribution in [0.3, 0.4) is 0 Å². The topological polar surface area (TPSA) is 36.7 Å². The highest BCUT2D eigenvalue weighted by Gasteiger charge is 2.31. The number of amides is 1. The van der Waals surface area contributed by atoms with Gasteiger partial charge < -0.3 is 14.2 Å². The van der Waals surface area contributed by atoms with Gasteiger partial charge in [-0.3, -0.25) is 4.79 Å². The van der Waals surface area contributed by atoms with Crippen molar-refractivity contribution in [3.05, 3.63) is 77.6 Å². The SMILES string of the molecule is Cc1cccc(N2CCN(C(=O)c3ccc(-c4cccc(C(F)(F)F)c4)o3)CC2)c1. The molecule has 1 saturated heterocycles. The summed E-state index contributed by atoms with van der Waals surface area (Å²) in [4.78, 5) is 16.7. The molecule has 156 valence electrons. The summed E-state index contributed by atoms with van der Waals surface area (Å²) in [5.41, 5.74) is 1.85. The van der Waals surface area contributed by atoms with Crippen molar-refractivity contribution < 1.29 is 22.4 Å². The molecule has 0 saturated carbocycles. The zero-order chi connectivity index (χ0) is 21.3. The fourth-order valence-corrected chi connectivity index (χ4v) is 3.61. The van der Waals surface area contributed by atoms with E-state index in [4.69, 9.17) is 4.42 Å². The first-order valence-electron chi connectivity index (χ1n) is 9.69. The Hall–Kier alpha value is -3.22. The van der Waals surface area contributed by atoms with Crippen molar-refractivity contribution in [2.24, 2.45) is 0 Å². The third-order valence-electron chi connectivity index (χ3n) is 5.22. The van der Waals surface area contributed by atoms with Crippen LogP contribution in [0.4, 0.5) is 18.9 Å². The molecule has 0 unspecified atom stereocenters. The van der Waals surface area contributed by atoms with Crippen LogP contribution in [0.25, 0.3) is 11.3 Å². The Morgan fingerprint density at radius 3 is 2.37 bits per heavy atom. The van der Waals surface area contributed by atoms with E-state index in [1.54, 1.807) is 4.90 Å². The quantitative estimate of drug-likeness (QED) is 0.588. The van der Waals surface area contributed by atoms with E-state index in [1.165, 1.54) is 29.8 Å². The Morgan fingerprint density at radius 1 is 0.933 bits per heavy atom. The third-order valence-corrected chi connectivity index (χ3v) is 5.22. The number of halogens is 3. The lowest BCUT2D eigenvalue weighted by molar-refractivity contribution is -0.137. The molecule has 2 aromatic carbocycles. The maximum Gasteiger partial charge on any atom is 0.416 e. The van der Waals surface area contributed by atoms with Gasteiger partial charge in [0.15, 0.2) is 5.76 Å². The molecule has 0 spiro atoms. The van der Waals surface area contributed by atoms with Crippen molar-refractivity contribution in [1.29, 1.82) is 0 Å². The van der Waals surface area contributed by atoms with Gasteiger partial charge in [0, 0.05) is 37.4 Å². The van der Waals surface area contributed by atoms with E-state index in [9.17, 15) is 18.0 Å². The highest BCUT2D eigenvalue weighted by Crippen LogP contribution is 2.33. The van der Waals surface area contributed by atoms with Crippen molar-refractivity contribution in [3.63, 3.8) is 0 Å². The summed E-state index contributed by atoms with van der Waals surface area (Å²) in [5.74, 6) is 0.117. The van der Waals surface area contributed by atoms with E-state index >= 15 is 0 Å². The van der Waals surface area contributed by atoms with Crippen molar-refractivity contribution >= 4 is 11.6 Å². The average molecular weight is 414 g/mol. The Kier molecular flexibility index (Phi) is 5.28. The minimum atomic E-state index is -4.43. The van der Waals surface area contributed by atoms with E-state index in [0.717, 1.165) is 17.8 Å². The van der Waals surface area contributed by atoms with E-state index in [2.05, 4.69) is 17.0 Å². The molecule has 7 heteroatoms. The predicted octanol–water partition coefficient (Wildman–Crippen LogP) is 5.24. The lowest BCUT2D eigenvalue weighted by Crippen LogP contribution is -2.48. The number of hydrogen-bond donors (Lipinski definition) is 0. The van der Waals surface area contributed by atoms with Crippen LogP contribution >= 0.6 is 0 Å². The highest BCUT2D eigenvalue weighted by molar-refractivity contribution is 5.92. The number of rotatable bonds is 3. The molecule has 3 aromatic rings. The van der Waals surface area contributed by atoms with Crippen LogP contribution in [0.1, 0.15) is 21.7 Å². The Balaban J connectivity index is 1.44. The molecule has 2 heterocycles. The first-order chi connectivity index (χ1) is 14.3. The number of piperazine rings is 1. The maximum atomic E-state index is 12.9. The monoisotopic (exact) mass is 414 g/mol. The van der Waals surface area contributed by atoms with Crippen LogP contribution in [0, 0.1) is 6.92 Å². The smallest absolute Gasteiger partial charge is 0.416 e. The van der Waals surface area contributed by atoms with Gasteiger partial charge in [-0.05, 0) is 48.9 Å². The molecular weight excluding hydrogens is 393 g/mol. The van der Waals surface area contributed by atoms with Crippen molar-refractivity contribution in [2.75, 3.05) is 31.1 Å². The van der Waals surface area contributed by atoms with Gasteiger partial charge in [0.2, 0.25) is 0 Å². The van der Waals surface area contributed by atoms with Gasteiger partial charge in [0.25, 0.3) is 5.91 Å². The number of furan rings is 1. The molecule has 0 N–H and O–H groups in total. The Bertz CT molecular complexity index is 1050. The van der Waals surface area contributed by atoms with Crippen LogP contribution < -0.4 is 4.90 Å². The van der Waals surface area contributed by atoms with E-state index < -0.39 is 11.7 Å². The van der Waals surface area contributed by atoms with Gasteiger partial charge in [-0.2, -0.15) is 13.2 Å². The second kappa shape index (κ2) is 7.89. The lowest BCUT2D eigenvalue weighted by atomic mass is 10.1. The fourth-order valence-electron chi connectivity index (χ4n) is 3.61. The molecule has 1 amide bonds. The van der Waals surface area contributed by atoms with Crippen LogP contribution in [-0.2, 0) is 6.18 Å². The Morgan fingerprint density at radius 2 is 1.67 bits per heavy atom. The first-order valence-corrected chi connectivity index (χ1v) is 9.69. The molecule has 0 atom stereocenters. The van der Waals surface area contributed by atoms with Crippen LogP contribution in [0.15, 0.2) is 65.1 Å². The molecule has 4 nitrogen and oxygen atoms in total. The van der Waals surface area contributed by atoms with Gasteiger partial charge in [0.1, 0.15) is 5.76 Å². The second-order valence-corrected chi connectivity index (χ2v) is 7.36. The van der Waals surface area contributed by atoms with Gasteiger partial charge >= 0.3 is 6.18 Å². The zero-order valence-corrected chi connectivity index (χ0v) is 16.4. The molecule has 0 aliphatic carbocycles.